The van der Waals surface area contributed by atoms with Crippen LogP contribution in [0.4, 0.5) is 5.69 Å². The van der Waals surface area contributed by atoms with E-state index >= 15 is 0 Å². The third-order valence-corrected chi connectivity index (χ3v) is 3.82. The van der Waals surface area contributed by atoms with Gasteiger partial charge < -0.3 is 15.5 Å². The third kappa shape index (κ3) is 3.59. The molecule has 0 radical (unpaired) electrons. The molecule has 0 saturated heterocycles. The lowest BCUT2D eigenvalue weighted by atomic mass is 10.2. The van der Waals surface area contributed by atoms with Crippen molar-refractivity contribution in [3.8, 4) is 0 Å². The van der Waals surface area contributed by atoms with Gasteiger partial charge in [-0.2, -0.15) is 0 Å². The van der Waals surface area contributed by atoms with E-state index in [1.807, 2.05) is 6.07 Å². The highest BCUT2D eigenvalue weighted by Gasteiger charge is 2.11. The molecule has 0 spiro atoms. The lowest BCUT2D eigenvalue weighted by molar-refractivity contribution is -0.107. The third-order valence-electron chi connectivity index (χ3n) is 3.82. The van der Waals surface area contributed by atoms with Crippen LogP contribution in [0.1, 0.15) is 45.4 Å². The van der Waals surface area contributed by atoms with E-state index in [2.05, 4.69) is 35.9 Å². The second-order valence-electron chi connectivity index (χ2n) is 5.62. The zero-order chi connectivity index (χ0) is 15.9. The number of hydrogen-bond acceptors (Lipinski definition) is 4. The molecule has 0 aliphatic rings. The Bertz CT molecular complexity index is 614. The van der Waals surface area contributed by atoms with Crippen molar-refractivity contribution in [1.29, 1.82) is 0 Å². The normalized spacial score (nSPS) is 11.0. The lowest BCUT2D eigenvalue weighted by Gasteiger charge is -2.23. The summed E-state index contributed by atoms with van der Waals surface area (Å²) in [6.07, 6.45) is 5.26. The van der Waals surface area contributed by atoms with E-state index in [4.69, 9.17) is 5.84 Å². The van der Waals surface area contributed by atoms with E-state index in [1.54, 1.807) is 4.68 Å². The molecule has 1 aromatic carbocycles. The van der Waals surface area contributed by atoms with E-state index in [0.29, 0.717) is 6.42 Å². The molecule has 0 atom stereocenters. The first-order valence-electron chi connectivity index (χ1n) is 8.16. The van der Waals surface area contributed by atoms with Crippen molar-refractivity contribution in [3.63, 3.8) is 0 Å². The molecule has 0 saturated carbocycles. The van der Waals surface area contributed by atoms with E-state index in [0.717, 1.165) is 61.9 Å². The quantitative estimate of drug-likeness (QED) is 0.439. The average Bonchev–Trinajstić information content (AvgIpc) is 2.83. The molecule has 0 fully saturated rings. The number of unbranched alkanes of at least 4 members (excludes halogenated alkanes) is 1. The van der Waals surface area contributed by atoms with Crippen LogP contribution in [0.25, 0.3) is 11.0 Å². The molecule has 2 aromatic rings. The number of aldehydes is 1. The number of anilines is 1. The maximum absolute atomic E-state index is 10.4. The number of aromatic nitrogens is 2. The monoisotopic (exact) mass is 302 g/mol. The minimum absolute atomic E-state index is 0.551. The number of nitrogen functional groups attached to an aromatic ring is 1. The Labute approximate surface area is 132 Å². The van der Waals surface area contributed by atoms with Crippen LogP contribution in [0.15, 0.2) is 18.2 Å². The molecule has 22 heavy (non-hydrogen) atoms. The van der Waals surface area contributed by atoms with Crippen LogP contribution in [-0.2, 0) is 11.2 Å². The highest BCUT2D eigenvalue weighted by Crippen LogP contribution is 2.23. The highest BCUT2D eigenvalue weighted by atomic mass is 16.1. The van der Waals surface area contributed by atoms with Crippen molar-refractivity contribution < 1.29 is 4.79 Å². The van der Waals surface area contributed by atoms with Crippen molar-refractivity contribution in [2.75, 3.05) is 23.8 Å². The molecule has 5 nitrogen and oxygen atoms in total. The number of nitrogens with two attached hydrogens (primary N) is 1. The van der Waals surface area contributed by atoms with Crippen LogP contribution in [0, 0.1) is 0 Å². The summed E-state index contributed by atoms with van der Waals surface area (Å²) in [7, 11) is 0. The largest absolute Gasteiger partial charge is 0.371 e. The summed E-state index contributed by atoms with van der Waals surface area (Å²) in [5.41, 5.74) is 3.07. The Morgan fingerprint density at radius 2 is 2.00 bits per heavy atom. The van der Waals surface area contributed by atoms with Gasteiger partial charge in [-0.1, -0.05) is 13.8 Å². The summed E-state index contributed by atoms with van der Waals surface area (Å²) in [4.78, 5) is 17.5. The summed E-state index contributed by atoms with van der Waals surface area (Å²) in [6, 6.07) is 6.28. The van der Waals surface area contributed by atoms with Crippen molar-refractivity contribution in [2.45, 2.75) is 46.0 Å². The molecule has 0 aliphatic carbocycles. The molecule has 2 rings (SSSR count). The average molecular weight is 302 g/mol. The van der Waals surface area contributed by atoms with Gasteiger partial charge in [0.15, 0.2) is 0 Å². The van der Waals surface area contributed by atoms with Gasteiger partial charge >= 0.3 is 0 Å². The van der Waals surface area contributed by atoms with Gasteiger partial charge in [0, 0.05) is 31.6 Å². The van der Waals surface area contributed by atoms with Crippen molar-refractivity contribution in [1.82, 2.24) is 9.66 Å². The molecule has 0 amide bonds. The summed E-state index contributed by atoms with van der Waals surface area (Å²) in [5.74, 6) is 6.96. The molecule has 1 aromatic heterocycles. The fraction of sp³-hybridized carbons (Fsp3) is 0.529. The Balaban J connectivity index is 2.27. The van der Waals surface area contributed by atoms with Crippen molar-refractivity contribution in [3.05, 3.63) is 24.0 Å². The molecule has 5 heteroatoms. The van der Waals surface area contributed by atoms with Gasteiger partial charge in [-0.3, -0.25) is 0 Å². The minimum atomic E-state index is 0.551. The number of carbonyl (C=O) groups is 1. The number of fused-ring (bicyclic) bond motifs is 1. The first-order chi connectivity index (χ1) is 10.7. The molecular weight excluding hydrogens is 276 g/mol. The zero-order valence-electron chi connectivity index (χ0n) is 13.6. The molecule has 0 bridgehead atoms. The van der Waals surface area contributed by atoms with Crippen LogP contribution in [0.5, 0.6) is 0 Å². The summed E-state index contributed by atoms with van der Waals surface area (Å²) in [6.45, 7) is 6.49. The Morgan fingerprint density at radius 3 is 2.64 bits per heavy atom. The zero-order valence-corrected chi connectivity index (χ0v) is 13.6. The first kappa shape index (κ1) is 16.3. The number of nitrogens with zero attached hydrogens (tertiary/aromatic N) is 3. The van der Waals surface area contributed by atoms with Crippen LogP contribution >= 0.6 is 0 Å². The molecule has 0 aliphatic heterocycles. The molecule has 1 heterocycles. The van der Waals surface area contributed by atoms with Crippen LogP contribution in [-0.4, -0.2) is 29.0 Å². The number of carbonyl (C=O) groups excluding carboxylic acids is 1. The minimum Gasteiger partial charge on any atom is -0.371 e. The maximum Gasteiger partial charge on any atom is 0.128 e. The summed E-state index contributed by atoms with van der Waals surface area (Å²) in [5, 5.41) is 0. The lowest BCUT2D eigenvalue weighted by Crippen LogP contribution is -2.24. The number of benzene rings is 1. The van der Waals surface area contributed by atoms with Crippen LogP contribution < -0.4 is 10.7 Å². The van der Waals surface area contributed by atoms with Gasteiger partial charge in [-0.25, -0.2) is 9.66 Å². The topological polar surface area (TPSA) is 64.2 Å². The predicted molar refractivity (Wildman–Crippen MR) is 91.7 cm³/mol. The maximum atomic E-state index is 10.4. The number of imidazole rings is 1. The second kappa shape index (κ2) is 7.82. The fourth-order valence-corrected chi connectivity index (χ4v) is 2.76. The molecule has 0 unspecified atom stereocenters. The number of hydrogen-bond donors (Lipinski definition) is 1. The highest BCUT2D eigenvalue weighted by molar-refractivity contribution is 5.80. The summed E-state index contributed by atoms with van der Waals surface area (Å²) < 4.78 is 1.65. The SMILES string of the molecule is CCCN(CCC)c1ccc2c(c1)nc(CCCC=O)n2N. The van der Waals surface area contributed by atoms with Crippen molar-refractivity contribution >= 4 is 23.0 Å². The fourth-order valence-electron chi connectivity index (χ4n) is 2.76. The van der Waals surface area contributed by atoms with Crippen LogP contribution in [0.3, 0.4) is 0 Å². The van der Waals surface area contributed by atoms with E-state index in [-0.39, 0.29) is 0 Å². The van der Waals surface area contributed by atoms with Gasteiger partial charge in [0.05, 0.1) is 11.0 Å². The van der Waals surface area contributed by atoms with E-state index < -0.39 is 0 Å². The number of aryl methyl sites for hydroxylation is 1. The van der Waals surface area contributed by atoms with E-state index in [9.17, 15) is 4.79 Å². The van der Waals surface area contributed by atoms with Gasteiger partial charge in [-0.15, -0.1) is 0 Å². The Kier molecular flexibility index (Phi) is 5.81. The van der Waals surface area contributed by atoms with Gasteiger partial charge in [0.2, 0.25) is 0 Å². The standard InChI is InChI=1S/C17H26N4O/c1-3-10-20(11-4-2)14-8-9-16-15(13-14)19-17(21(16)18)7-5-6-12-22/h8-9,12-13H,3-7,10-11,18H2,1-2H3. The molecule has 2 N–H and O–H groups in total. The Hall–Kier alpha value is -2.04. The summed E-state index contributed by atoms with van der Waals surface area (Å²) >= 11 is 0. The van der Waals surface area contributed by atoms with Crippen LogP contribution in [0.2, 0.25) is 0 Å². The smallest absolute Gasteiger partial charge is 0.128 e. The molecule has 120 valence electrons. The second-order valence-corrected chi connectivity index (χ2v) is 5.62. The van der Waals surface area contributed by atoms with E-state index in [1.165, 1.54) is 5.69 Å². The predicted octanol–water partition coefficient (Wildman–Crippen LogP) is 2.90. The van der Waals surface area contributed by atoms with Gasteiger partial charge in [-0.05, 0) is 37.5 Å². The molecular formula is C17H26N4O. The first-order valence-corrected chi connectivity index (χ1v) is 8.16. The van der Waals surface area contributed by atoms with Crippen molar-refractivity contribution in [2.24, 2.45) is 0 Å². The Morgan fingerprint density at radius 1 is 1.27 bits per heavy atom. The number of rotatable bonds is 9. The van der Waals surface area contributed by atoms with Gasteiger partial charge in [0.1, 0.15) is 12.1 Å². The van der Waals surface area contributed by atoms with Gasteiger partial charge in [0.25, 0.3) is 0 Å².